The van der Waals surface area contributed by atoms with Crippen molar-refractivity contribution in [3.05, 3.63) is 34.4 Å². The Bertz CT molecular complexity index is 559. The smallest absolute Gasteiger partial charge is 0.325 e. The van der Waals surface area contributed by atoms with Gasteiger partial charge < -0.3 is 15.7 Å². The Morgan fingerprint density at radius 1 is 1.25 bits per heavy atom. The fraction of sp³-hybridized carbons (Fsp3) is 0.467. The highest BCUT2D eigenvalue weighted by molar-refractivity contribution is 5.98. The highest BCUT2D eigenvalue weighted by Gasteiger charge is 2.43. The van der Waals surface area contributed by atoms with Gasteiger partial charge in [0.05, 0.1) is 0 Å². The van der Waals surface area contributed by atoms with E-state index in [0.29, 0.717) is 12.1 Å². The molecule has 1 unspecified atom stereocenters. The Morgan fingerprint density at radius 3 is 2.25 bits per heavy atom. The normalized spacial score (nSPS) is 22.1. The highest BCUT2D eigenvalue weighted by Crippen LogP contribution is 2.24. The van der Waals surface area contributed by atoms with Crippen molar-refractivity contribution in [1.82, 2.24) is 4.90 Å². The molecule has 5 nitrogen and oxygen atoms in total. The Balaban J connectivity index is 2.28. The van der Waals surface area contributed by atoms with E-state index < -0.39 is 11.5 Å². The van der Waals surface area contributed by atoms with E-state index in [4.69, 9.17) is 10.8 Å². The number of nitrogens with two attached hydrogens (primary N) is 1. The van der Waals surface area contributed by atoms with Crippen LogP contribution in [0.25, 0.3) is 0 Å². The summed E-state index contributed by atoms with van der Waals surface area (Å²) in [6, 6.07) is 3.92. The van der Waals surface area contributed by atoms with Crippen LogP contribution >= 0.6 is 0 Å². The van der Waals surface area contributed by atoms with Gasteiger partial charge in [-0.25, -0.2) is 0 Å². The average molecular weight is 276 g/mol. The lowest BCUT2D eigenvalue weighted by molar-refractivity contribution is -0.142. The van der Waals surface area contributed by atoms with Gasteiger partial charge in [0.15, 0.2) is 0 Å². The van der Waals surface area contributed by atoms with Gasteiger partial charge in [0.1, 0.15) is 5.54 Å². The van der Waals surface area contributed by atoms with E-state index in [0.717, 1.165) is 16.7 Å². The molecule has 3 N–H and O–H groups in total. The molecule has 2 rings (SSSR count). The lowest BCUT2D eigenvalue weighted by Crippen LogP contribution is -2.50. The standard InChI is InChI=1S/C15H20N2O3/c1-9-6-10(2)12(11(3)7-9)13(18)17-5-4-15(16,8-17)14(19)20/h6-7H,4-5,8,16H2,1-3H3,(H,19,20). The number of carbonyl (C=O) groups excluding carboxylic acids is 1. The second-order valence-corrected chi connectivity index (χ2v) is 5.71. The molecule has 0 saturated carbocycles. The number of benzene rings is 1. The Labute approximate surface area is 118 Å². The van der Waals surface area contributed by atoms with Gasteiger partial charge in [0.25, 0.3) is 5.91 Å². The number of nitrogens with zero attached hydrogens (tertiary/aromatic N) is 1. The molecule has 0 radical (unpaired) electrons. The van der Waals surface area contributed by atoms with Crippen molar-refractivity contribution in [3.63, 3.8) is 0 Å². The minimum Gasteiger partial charge on any atom is -0.480 e. The predicted molar refractivity (Wildman–Crippen MR) is 75.7 cm³/mol. The third-order valence-corrected chi connectivity index (χ3v) is 3.90. The number of aliphatic carboxylic acids is 1. The molecule has 20 heavy (non-hydrogen) atoms. The van der Waals surface area contributed by atoms with E-state index in [1.54, 1.807) is 4.90 Å². The first-order chi connectivity index (χ1) is 9.24. The maximum absolute atomic E-state index is 12.6. The molecule has 108 valence electrons. The Hall–Kier alpha value is -1.88. The van der Waals surface area contributed by atoms with Gasteiger partial charge in [-0.05, 0) is 38.3 Å². The van der Waals surface area contributed by atoms with Crippen LogP contribution in [0.5, 0.6) is 0 Å². The molecule has 0 aromatic heterocycles. The molecule has 1 amide bonds. The summed E-state index contributed by atoms with van der Waals surface area (Å²) in [4.78, 5) is 25.3. The maximum atomic E-state index is 12.6. The van der Waals surface area contributed by atoms with Gasteiger partial charge in [-0.3, -0.25) is 9.59 Å². The minimum absolute atomic E-state index is 0.0634. The number of carbonyl (C=O) groups is 2. The van der Waals surface area contributed by atoms with E-state index in [1.807, 2.05) is 32.9 Å². The molecule has 1 atom stereocenters. The van der Waals surface area contributed by atoms with Crippen LogP contribution in [0.1, 0.15) is 33.5 Å². The minimum atomic E-state index is -1.32. The van der Waals surface area contributed by atoms with Crippen LogP contribution in [0.4, 0.5) is 0 Å². The molecule has 1 aromatic rings. The summed E-state index contributed by atoms with van der Waals surface area (Å²) in [5.74, 6) is -1.18. The van der Waals surface area contributed by atoms with Gasteiger partial charge in [-0.2, -0.15) is 0 Å². The summed E-state index contributed by atoms with van der Waals surface area (Å²) < 4.78 is 0. The zero-order valence-electron chi connectivity index (χ0n) is 12.1. The SMILES string of the molecule is Cc1cc(C)c(C(=O)N2CCC(N)(C(=O)O)C2)c(C)c1. The number of amides is 1. The van der Waals surface area contributed by atoms with Crippen molar-refractivity contribution < 1.29 is 14.7 Å². The van der Waals surface area contributed by atoms with Crippen molar-refractivity contribution in [1.29, 1.82) is 0 Å². The average Bonchev–Trinajstić information content (AvgIpc) is 2.72. The van der Waals surface area contributed by atoms with Crippen molar-refractivity contribution >= 4 is 11.9 Å². The molecule has 0 bridgehead atoms. The molecular weight excluding hydrogens is 256 g/mol. The lowest BCUT2D eigenvalue weighted by Gasteiger charge is -2.22. The number of carboxylic acids is 1. The number of carboxylic acid groups (broad SMARTS) is 1. The molecular formula is C15H20N2O3. The summed E-state index contributed by atoms with van der Waals surface area (Å²) >= 11 is 0. The largest absolute Gasteiger partial charge is 0.480 e. The summed E-state index contributed by atoms with van der Waals surface area (Å²) in [7, 11) is 0. The van der Waals surface area contributed by atoms with Crippen molar-refractivity contribution in [2.24, 2.45) is 5.73 Å². The molecule has 1 saturated heterocycles. The third kappa shape index (κ3) is 2.41. The second-order valence-electron chi connectivity index (χ2n) is 5.71. The number of aryl methyl sites for hydroxylation is 3. The summed E-state index contributed by atoms with van der Waals surface area (Å²) in [5, 5.41) is 9.13. The zero-order valence-corrected chi connectivity index (χ0v) is 12.1. The summed E-state index contributed by atoms with van der Waals surface area (Å²) in [6.45, 7) is 6.23. The quantitative estimate of drug-likeness (QED) is 0.851. The van der Waals surface area contributed by atoms with Crippen LogP contribution in [0.15, 0.2) is 12.1 Å². The zero-order chi connectivity index (χ0) is 15.1. The van der Waals surface area contributed by atoms with Crippen LogP contribution in [0, 0.1) is 20.8 Å². The van der Waals surface area contributed by atoms with Crippen LogP contribution in [0.3, 0.4) is 0 Å². The first kappa shape index (κ1) is 14.5. The fourth-order valence-electron chi connectivity index (χ4n) is 2.86. The van der Waals surface area contributed by atoms with E-state index in [1.165, 1.54) is 0 Å². The van der Waals surface area contributed by atoms with Crippen LogP contribution in [-0.2, 0) is 4.79 Å². The van der Waals surface area contributed by atoms with Crippen LogP contribution < -0.4 is 5.73 Å². The Morgan fingerprint density at radius 2 is 1.80 bits per heavy atom. The third-order valence-electron chi connectivity index (χ3n) is 3.90. The van der Waals surface area contributed by atoms with Crippen molar-refractivity contribution in [2.75, 3.05) is 13.1 Å². The lowest BCUT2D eigenvalue weighted by atomic mass is 9.98. The molecule has 0 spiro atoms. The fourth-order valence-corrected chi connectivity index (χ4v) is 2.86. The number of hydrogen-bond acceptors (Lipinski definition) is 3. The molecule has 1 fully saturated rings. The predicted octanol–water partition coefficient (Wildman–Crippen LogP) is 1.24. The summed E-state index contributed by atoms with van der Waals surface area (Å²) in [5.41, 5.74) is 8.09. The molecule has 0 aliphatic carbocycles. The monoisotopic (exact) mass is 276 g/mol. The van der Waals surface area contributed by atoms with E-state index in [-0.39, 0.29) is 18.9 Å². The van der Waals surface area contributed by atoms with Gasteiger partial charge in [-0.15, -0.1) is 0 Å². The summed E-state index contributed by atoms with van der Waals surface area (Å²) in [6.07, 6.45) is 0.290. The number of hydrogen-bond donors (Lipinski definition) is 2. The van der Waals surface area contributed by atoms with Gasteiger partial charge in [-0.1, -0.05) is 17.7 Å². The maximum Gasteiger partial charge on any atom is 0.325 e. The van der Waals surface area contributed by atoms with Gasteiger partial charge in [0.2, 0.25) is 0 Å². The highest BCUT2D eigenvalue weighted by atomic mass is 16.4. The molecule has 1 aromatic carbocycles. The van der Waals surface area contributed by atoms with Crippen LogP contribution in [-0.4, -0.2) is 40.5 Å². The van der Waals surface area contributed by atoms with Crippen LogP contribution in [0.2, 0.25) is 0 Å². The molecule has 1 aliphatic rings. The van der Waals surface area contributed by atoms with Crippen molar-refractivity contribution in [3.8, 4) is 0 Å². The van der Waals surface area contributed by atoms with Gasteiger partial charge >= 0.3 is 5.97 Å². The molecule has 1 aliphatic heterocycles. The first-order valence-corrected chi connectivity index (χ1v) is 6.64. The second kappa shape index (κ2) is 4.90. The van der Waals surface area contributed by atoms with Gasteiger partial charge in [0, 0.05) is 18.7 Å². The van der Waals surface area contributed by atoms with E-state index in [9.17, 15) is 9.59 Å². The number of rotatable bonds is 2. The topological polar surface area (TPSA) is 83.6 Å². The van der Waals surface area contributed by atoms with E-state index >= 15 is 0 Å². The number of likely N-dealkylation sites (tertiary alicyclic amines) is 1. The first-order valence-electron chi connectivity index (χ1n) is 6.64. The van der Waals surface area contributed by atoms with Crippen molar-refractivity contribution in [2.45, 2.75) is 32.7 Å². The Kier molecular flexibility index (Phi) is 3.56. The van der Waals surface area contributed by atoms with E-state index in [2.05, 4.69) is 0 Å². The molecule has 1 heterocycles. The molecule has 5 heteroatoms.